The Balaban J connectivity index is 2.10. The van der Waals surface area contributed by atoms with Crippen LogP contribution in [0.2, 0.25) is 0 Å². The van der Waals surface area contributed by atoms with Crippen LogP contribution in [0.25, 0.3) is 0 Å². The van der Waals surface area contributed by atoms with Crippen LogP contribution in [-0.4, -0.2) is 33.9 Å². The van der Waals surface area contributed by atoms with Gasteiger partial charge in [0.15, 0.2) is 0 Å². The second-order valence-corrected chi connectivity index (χ2v) is 4.07. The molecule has 1 saturated carbocycles. The van der Waals surface area contributed by atoms with Crippen molar-refractivity contribution in [3.05, 3.63) is 18.7 Å². The van der Waals surface area contributed by atoms with E-state index in [9.17, 15) is 5.11 Å². The Kier molecular flexibility index (Phi) is 2.56. The first-order valence-corrected chi connectivity index (χ1v) is 5.06. The molecule has 1 fully saturated rings. The van der Waals surface area contributed by atoms with E-state index in [-0.39, 0.29) is 12.1 Å². The topological polar surface area (TPSA) is 50.1 Å². The first kappa shape index (κ1) is 9.68. The van der Waals surface area contributed by atoms with Gasteiger partial charge in [0.1, 0.15) is 0 Å². The van der Waals surface area contributed by atoms with Gasteiger partial charge in [0.05, 0.1) is 18.5 Å². The summed E-state index contributed by atoms with van der Waals surface area (Å²) in [5.41, 5.74) is -0.152. The Morgan fingerprint density at radius 3 is 2.86 bits per heavy atom. The predicted octanol–water partition coefficient (Wildman–Crippen LogP) is 0.244. The van der Waals surface area contributed by atoms with Gasteiger partial charge in [-0.25, -0.2) is 4.98 Å². The van der Waals surface area contributed by atoms with E-state index in [0.29, 0.717) is 5.92 Å². The molecule has 2 rings (SSSR count). The van der Waals surface area contributed by atoms with Crippen LogP contribution in [0.15, 0.2) is 18.7 Å². The molecule has 0 bridgehead atoms. The molecule has 0 aliphatic heterocycles. The first-order valence-electron chi connectivity index (χ1n) is 5.06. The Bertz CT molecular complexity index is 276. The highest BCUT2D eigenvalue weighted by Gasteiger charge is 2.43. The van der Waals surface area contributed by atoms with Gasteiger partial charge in [-0.15, -0.1) is 0 Å². The third-order valence-electron chi connectivity index (χ3n) is 3.16. The van der Waals surface area contributed by atoms with Crippen molar-refractivity contribution in [1.29, 1.82) is 0 Å². The van der Waals surface area contributed by atoms with Crippen LogP contribution in [0.1, 0.15) is 12.8 Å². The van der Waals surface area contributed by atoms with Crippen LogP contribution in [-0.2, 0) is 6.54 Å². The van der Waals surface area contributed by atoms with E-state index >= 15 is 0 Å². The van der Waals surface area contributed by atoms with Crippen molar-refractivity contribution < 1.29 is 5.11 Å². The minimum Gasteiger partial charge on any atom is -0.394 e. The molecule has 1 aromatic rings. The number of hydrogen-bond acceptors (Lipinski definition) is 3. The maximum atomic E-state index is 9.49. The highest BCUT2D eigenvalue weighted by Crippen LogP contribution is 2.40. The van der Waals surface area contributed by atoms with Gasteiger partial charge in [0.2, 0.25) is 0 Å². The quantitative estimate of drug-likeness (QED) is 0.708. The maximum Gasteiger partial charge on any atom is 0.0946 e. The van der Waals surface area contributed by atoms with E-state index in [0.717, 1.165) is 6.54 Å². The van der Waals surface area contributed by atoms with Crippen molar-refractivity contribution in [3.63, 3.8) is 0 Å². The monoisotopic (exact) mass is 195 g/mol. The van der Waals surface area contributed by atoms with Gasteiger partial charge in [-0.2, -0.15) is 0 Å². The molecule has 14 heavy (non-hydrogen) atoms. The largest absolute Gasteiger partial charge is 0.394 e. The second-order valence-electron chi connectivity index (χ2n) is 4.07. The molecule has 4 nitrogen and oxygen atoms in total. The van der Waals surface area contributed by atoms with Gasteiger partial charge in [-0.1, -0.05) is 0 Å². The molecule has 0 aromatic carbocycles. The third kappa shape index (κ3) is 1.67. The molecule has 0 radical (unpaired) electrons. The van der Waals surface area contributed by atoms with Crippen molar-refractivity contribution in [1.82, 2.24) is 14.9 Å². The fourth-order valence-corrected chi connectivity index (χ4v) is 2.01. The number of aliphatic hydroxyl groups is 1. The molecule has 1 unspecified atom stereocenters. The van der Waals surface area contributed by atoms with Crippen molar-refractivity contribution in [2.24, 2.45) is 5.92 Å². The molecular formula is C10H17N3O. The van der Waals surface area contributed by atoms with Gasteiger partial charge in [0.25, 0.3) is 0 Å². The molecule has 0 amide bonds. The normalized spacial score (nSPS) is 20.7. The summed E-state index contributed by atoms with van der Waals surface area (Å²) in [5, 5.41) is 12.8. The Labute approximate surface area is 84.0 Å². The molecular weight excluding hydrogens is 178 g/mol. The highest BCUT2D eigenvalue weighted by atomic mass is 16.3. The van der Waals surface area contributed by atoms with Crippen molar-refractivity contribution >= 4 is 0 Å². The van der Waals surface area contributed by atoms with E-state index in [1.54, 1.807) is 12.5 Å². The van der Waals surface area contributed by atoms with E-state index < -0.39 is 0 Å². The first-order chi connectivity index (χ1) is 6.80. The lowest BCUT2D eigenvalue weighted by molar-refractivity contribution is 0.130. The van der Waals surface area contributed by atoms with E-state index in [1.807, 2.05) is 17.8 Å². The number of rotatable bonds is 5. The zero-order valence-corrected chi connectivity index (χ0v) is 8.48. The molecule has 1 heterocycles. The van der Waals surface area contributed by atoms with Gasteiger partial charge < -0.3 is 15.0 Å². The predicted molar refractivity (Wildman–Crippen MR) is 53.8 cm³/mol. The molecule has 1 atom stereocenters. The fourth-order valence-electron chi connectivity index (χ4n) is 2.01. The number of nitrogens with one attached hydrogen (secondary N) is 1. The number of nitrogens with zero attached hydrogens (tertiary/aromatic N) is 2. The van der Waals surface area contributed by atoms with Crippen molar-refractivity contribution in [2.75, 3.05) is 13.7 Å². The summed E-state index contributed by atoms with van der Waals surface area (Å²) >= 11 is 0. The summed E-state index contributed by atoms with van der Waals surface area (Å²) in [6.45, 7) is 0.983. The molecule has 1 aromatic heterocycles. The average Bonchev–Trinajstić information content (AvgIpc) is 2.95. The number of aromatic nitrogens is 2. The van der Waals surface area contributed by atoms with Crippen molar-refractivity contribution in [3.8, 4) is 0 Å². The summed E-state index contributed by atoms with van der Waals surface area (Å²) in [6, 6.07) is 0. The molecule has 78 valence electrons. The fraction of sp³-hybridized carbons (Fsp3) is 0.700. The Hall–Kier alpha value is -0.870. The number of aliphatic hydroxyl groups excluding tert-OH is 1. The molecule has 0 spiro atoms. The van der Waals surface area contributed by atoms with Crippen molar-refractivity contribution in [2.45, 2.75) is 24.9 Å². The third-order valence-corrected chi connectivity index (χ3v) is 3.16. The molecule has 1 aliphatic carbocycles. The summed E-state index contributed by atoms with van der Waals surface area (Å²) in [5.74, 6) is 0.611. The molecule has 4 heteroatoms. The standard InChI is InChI=1S/C10H17N3O/c1-11-10(7-14,9-2-3-9)6-13-5-4-12-8-13/h4-5,8-9,11,14H,2-3,6-7H2,1H3. The molecule has 1 aliphatic rings. The van der Waals surface area contributed by atoms with Gasteiger partial charge in [-0.3, -0.25) is 0 Å². The van der Waals surface area contributed by atoms with Crippen LogP contribution < -0.4 is 5.32 Å². The van der Waals surface area contributed by atoms with Gasteiger partial charge >= 0.3 is 0 Å². The minimum atomic E-state index is -0.152. The summed E-state index contributed by atoms with van der Waals surface area (Å²) in [4.78, 5) is 4.01. The second kappa shape index (κ2) is 3.71. The zero-order chi connectivity index (χ0) is 10.0. The average molecular weight is 195 g/mol. The van der Waals surface area contributed by atoms with E-state index in [2.05, 4.69) is 10.3 Å². The summed E-state index contributed by atoms with van der Waals surface area (Å²) < 4.78 is 2.02. The summed E-state index contributed by atoms with van der Waals surface area (Å²) in [7, 11) is 1.92. The van der Waals surface area contributed by atoms with Gasteiger partial charge in [-0.05, 0) is 25.8 Å². The lowest BCUT2D eigenvalue weighted by Gasteiger charge is -2.32. The highest BCUT2D eigenvalue weighted by molar-refractivity contribution is 5.00. The van der Waals surface area contributed by atoms with E-state index in [4.69, 9.17) is 0 Å². The van der Waals surface area contributed by atoms with Crippen LogP contribution in [0.4, 0.5) is 0 Å². The summed E-state index contributed by atoms with van der Waals surface area (Å²) in [6.07, 6.45) is 7.94. The number of likely N-dealkylation sites (N-methyl/N-ethyl adjacent to an activating group) is 1. The van der Waals surface area contributed by atoms with Crippen LogP contribution in [0.5, 0.6) is 0 Å². The van der Waals surface area contributed by atoms with Crippen LogP contribution >= 0.6 is 0 Å². The Morgan fingerprint density at radius 1 is 1.64 bits per heavy atom. The minimum absolute atomic E-state index is 0.152. The van der Waals surface area contributed by atoms with Crippen LogP contribution in [0.3, 0.4) is 0 Å². The van der Waals surface area contributed by atoms with Crippen LogP contribution in [0, 0.1) is 5.92 Å². The molecule has 0 saturated heterocycles. The number of imidazole rings is 1. The van der Waals surface area contributed by atoms with Gasteiger partial charge in [0, 0.05) is 18.9 Å². The maximum absolute atomic E-state index is 9.49. The molecule has 2 N–H and O–H groups in total. The SMILES string of the molecule is CNC(CO)(Cn1ccnc1)C1CC1. The van der Waals surface area contributed by atoms with E-state index in [1.165, 1.54) is 12.8 Å². The number of hydrogen-bond donors (Lipinski definition) is 2. The smallest absolute Gasteiger partial charge is 0.0946 e. The lowest BCUT2D eigenvalue weighted by atomic mass is 9.94. The zero-order valence-electron chi connectivity index (χ0n) is 8.48. The Morgan fingerprint density at radius 2 is 2.43 bits per heavy atom. The lowest BCUT2D eigenvalue weighted by Crippen LogP contribution is -2.51.